The molecule has 0 unspecified atom stereocenters. The summed E-state index contributed by atoms with van der Waals surface area (Å²) >= 11 is 2.29. The van der Waals surface area contributed by atoms with E-state index in [0.29, 0.717) is 12.3 Å². The maximum Gasteiger partial charge on any atom is 0.306 e. The Labute approximate surface area is 110 Å². The molecular formula is C13H15IO2. The second-order valence-corrected chi connectivity index (χ2v) is 6.14. The Balaban J connectivity index is 2.21. The first-order valence-electron chi connectivity index (χ1n) is 5.44. The Morgan fingerprint density at radius 1 is 1.31 bits per heavy atom. The molecule has 0 radical (unpaired) electrons. The van der Waals surface area contributed by atoms with Crippen LogP contribution in [0.15, 0.2) is 24.3 Å². The van der Waals surface area contributed by atoms with Crippen LogP contribution in [0.25, 0.3) is 0 Å². The third-order valence-electron chi connectivity index (χ3n) is 2.88. The minimum Gasteiger partial charge on any atom is -0.460 e. The lowest BCUT2D eigenvalue weighted by Gasteiger charge is -2.34. The molecule has 16 heavy (non-hydrogen) atoms. The molecule has 1 atom stereocenters. The van der Waals surface area contributed by atoms with Crippen LogP contribution in [0.5, 0.6) is 0 Å². The zero-order valence-corrected chi connectivity index (χ0v) is 11.7. The fraction of sp³-hybridized carbons (Fsp3) is 0.462. The Hall–Kier alpha value is -0.580. The highest BCUT2D eigenvalue weighted by Gasteiger charge is 2.34. The van der Waals surface area contributed by atoms with Crippen molar-refractivity contribution >= 4 is 28.6 Å². The maximum atomic E-state index is 11.5. The summed E-state index contributed by atoms with van der Waals surface area (Å²) in [5.74, 6) is 0.216. The standard InChI is InChI=1S/C13H15IO2/c1-13(2)8-10(7-12(15)16-13)9-3-5-11(14)6-4-9/h3-6,10H,7-8H2,1-2H3/t10-/m0/s1. The van der Waals surface area contributed by atoms with Crippen LogP contribution >= 0.6 is 22.6 Å². The Bertz CT molecular complexity index is 395. The highest BCUT2D eigenvalue weighted by Crippen LogP contribution is 2.36. The first-order chi connectivity index (χ1) is 7.46. The van der Waals surface area contributed by atoms with Gasteiger partial charge in [0.15, 0.2) is 0 Å². The summed E-state index contributed by atoms with van der Waals surface area (Å²) in [6.07, 6.45) is 1.41. The van der Waals surface area contributed by atoms with Crippen LogP contribution < -0.4 is 0 Å². The van der Waals surface area contributed by atoms with Crippen LogP contribution in [0.1, 0.15) is 38.2 Å². The van der Waals surface area contributed by atoms with E-state index in [4.69, 9.17) is 4.74 Å². The number of carbonyl (C=O) groups excluding carboxylic acids is 1. The third kappa shape index (κ3) is 2.75. The Kier molecular flexibility index (Phi) is 3.24. The van der Waals surface area contributed by atoms with Crippen molar-refractivity contribution in [2.45, 2.75) is 38.2 Å². The number of carbonyl (C=O) groups is 1. The van der Waals surface area contributed by atoms with Crippen molar-refractivity contribution in [3.8, 4) is 0 Å². The zero-order valence-electron chi connectivity index (χ0n) is 9.50. The summed E-state index contributed by atoms with van der Waals surface area (Å²) in [6, 6.07) is 8.40. The van der Waals surface area contributed by atoms with Gasteiger partial charge in [0.05, 0.1) is 6.42 Å². The minimum absolute atomic E-state index is 0.0835. The summed E-state index contributed by atoms with van der Waals surface area (Å²) in [7, 11) is 0. The van der Waals surface area contributed by atoms with E-state index in [1.165, 1.54) is 9.13 Å². The van der Waals surface area contributed by atoms with Crippen molar-refractivity contribution in [1.82, 2.24) is 0 Å². The predicted molar refractivity (Wildman–Crippen MR) is 71.3 cm³/mol. The monoisotopic (exact) mass is 330 g/mol. The van der Waals surface area contributed by atoms with Crippen LogP contribution in [0.4, 0.5) is 0 Å². The van der Waals surface area contributed by atoms with Gasteiger partial charge in [-0.3, -0.25) is 4.79 Å². The Morgan fingerprint density at radius 3 is 2.50 bits per heavy atom. The summed E-state index contributed by atoms with van der Waals surface area (Å²) < 4.78 is 6.53. The van der Waals surface area contributed by atoms with E-state index in [9.17, 15) is 4.79 Å². The van der Waals surface area contributed by atoms with Crippen molar-refractivity contribution < 1.29 is 9.53 Å². The van der Waals surface area contributed by atoms with Crippen LogP contribution in [0, 0.1) is 3.57 Å². The molecule has 2 rings (SSSR count). The molecule has 3 heteroatoms. The SMILES string of the molecule is CC1(C)C[C@@H](c2ccc(I)cc2)CC(=O)O1. The van der Waals surface area contributed by atoms with Gasteiger partial charge in [-0.15, -0.1) is 0 Å². The van der Waals surface area contributed by atoms with E-state index in [1.54, 1.807) is 0 Å². The zero-order chi connectivity index (χ0) is 11.8. The molecule has 1 aromatic carbocycles. The molecule has 0 aliphatic carbocycles. The van der Waals surface area contributed by atoms with Gasteiger partial charge < -0.3 is 4.74 Å². The van der Waals surface area contributed by atoms with Crippen molar-refractivity contribution in [3.05, 3.63) is 33.4 Å². The average molecular weight is 330 g/mol. The number of rotatable bonds is 1. The second-order valence-electron chi connectivity index (χ2n) is 4.89. The Morgan fingerprint density at radius 2 is 1.94 bits per heavy atom. The van der Waals surface area contributed by atoms with Crippen LogP contribution in [0.2, 0.25) is 0 Å². The predicted octanol–water partition coefficient (Wildman–Crippen LogP) is 3.49. The summed E-state index contributed by atoms with van der Waals surface area (Å²) in [5, 5.41) is 0. The number of benzene rings is 1. The quantitative estimate of drug-likeness (QED) is 0.582. The average Bonchev–Trinajstić information content (AvgIpc) is 2.15. The molecular weight excluding hydrogens is 315 g/mol. The molecule has 1 heterocycles. The molecule has 1 saturated heterocycles. The van der Waals surface area contributed by atoms with Crippen LogP contribution in [0.3, 0.4) is 0 Å². The first-order valence-corrected chi connectivity index (χ1v) is 6.51. The van der Waals surface area contributed by atoms with Gasteiger partial charge in [0, 0.05) is 3.57 Å². The van der Waals surface area contributed by atoms with Gasteiger partial charge in [-0.25, -0.2) is 0 Å². The van der Waals surface area contributed by atoms with Gasteiger partial charge in [0.2, 0.25) is 0 Å². The molecule has 2 nitrogen and oxygen atoms in total. The molecule has 0 N–H and O–H groups in total. The number of halogens is 1. The summed E-state index contributed by atoms with van der Waals surface area (Å²) in [6.45, 7) is 3.95. The maximum absolute atomic E-state index is 11.5. The minimum atomic E-state index is -0.330. The van der Waals surface area contributed by atoms with E-state index >= 15 is 0 Å². The largest absolute Gasteiger partial charge is 0.460 e. The number of hydrogen-bond donors (Lipinski definition) is 0. The number of cyclic esters (lactones) is 1. The lowest BCUT2D eigenvalue weighted by Crippen LogP contribution is -2.36. The molecule has 86 valence electrons. The lowest BCUT2D eigenvalue weighted by molar-refractivity contribution is -0.164. The van der Waals surface area contributed by atoms with E-state index < -0.39 is 0 Å². The fourth-order valence-corrected chi connectivity index (χ4v) is 2.59. The van der Waals surface area contributed by atoms with Gasteiger partial charge in [-0.05, 0) is 66.5 Å². The lowest BCUT2D eigenvalue weighted by atomic mass is 9.83. The third-order valence-corrected chi connectivity index (χ3v) is 3.60. The van der Waals surface area contributed by atoms with E-state index in [2.05, 4.69) is 46.9 Å². The van der Waals surface area contributed by atoms with Crippen molar-refractivity contribution in [2.24, 2.45) is 0 Å². The van der Waals surface area contributed by atoms with E-state index in [-0.39, 0.29) is 11.6 Å². The van der Waals surface area contributed by atoms with Crippen LogP contribution in [-0.4, -0.2) is 11.6 Å². The number of hydrogen-bond acceptors (Lipinski definition) is 2. The molecule has 0 amide bonds. The van der Waals surface area contributed by atoms with Crippen LogP contribution in [-0.2, 0) is 9.53 Å². The molecule has 0 bridgehead atoms. The topological polar surface area (TPSA) is 26.3 Å². The van der Waals surface area contributed by atoms with Gasteiger partial charge in [-0.2, -0.15) is 0 Å². The molecule has 0 aromatic heterocycles. The molecule has 1 aliphatic rings. The van der Waals surface area contributed by atoms with E-state index in [1.807, 2.05) is 13.8 Å². The molecule has 1 aromatic rings. The molecule has 1 fully saturated rings. The second kappa shape index (κ2) is 4.35. The highest BCUT2D eigenvalue weighted by molar-refractivity contribution is 14.1. The van der Waals surface area contributed by atoms with Crippen molar-refractivity contribution in [3.63, 3.8) is 0 Å². The van der Waals surface area contributed by atoms with Gasteiger partial charge in [0.1, 0.15) is 5.60 Å². The molecule has 0 spiro atoms. The van der Waals surface area contributed by atoms with Crippen molar-refractivity contribution in [1.29, 1.82) is 0 Å². The summed E-state index contributed by atoms with van der Waals surface area (Å²) in [4.78, 5) is 11.5. The number of esters is 1. The first kappa shape index (κ1) is 11.9. The highest BCUT2D eigenvalue weighted by atomic mass is 127. The molecule has 0 saturated carbocycles. The van der Waals surface area contributed by atoms with Gasteiger partial charge >= 0.3 is 5.97 Å². The summed E-state index contributed by atoms with van der Waals surface area (Å²) in [5.41, 5.74) is 0.911. The smallest absolute Gasteiger partial charge is 0.306 e. The molecule has 1 aliphatic heterocycles. The number of ether oxygens (including phenoxy) is 1. The normalized spacial score (nSPS) is 23.9. The fourth-order valence-electron chi connectivity index (χ4n) is 2.23. The van der Waals surface area contributed by atoms with Crippen molar-refractivity contribution in [2.75, 3.05) is 0 Å². The van der Waals surface area contributed by atoms with E-state index in [0.717, 1.165) is 6.42 Å². The van der Waals surface area contributed by atoms with Gasteiger partial charge in [-0.1, -0.05) is 12.1 Å². The van der Waals surface area contributed by atoms with Gasteiger partial charge in [0.25, 0.3) is 0 Å².